The maximum absolute atomic E-state index is 15.3. The summed E-state index contributed by atoms with van der Waals surface area (Å²) in [4.78, 5) is 32.3. The van der Waals surface area contributed by atoms with Crippen LogP contribution in [-0.2, 0) is 45.1 Å². The van der Waals surface area contributed by atoms with Crippen molar-refractivity contribution in [3.63, 3.8) is 0 Å². The number of aliphatic hydroxyl groups is 1. The molecule has 334 valence electrons. The number of hydrogen-bond acceptors (Lipinski definition) is 11. The Bertz CT molecular complexity index is 2290. The van der Waals surface area contributed by atoms with Gasteiger partial charge in [0.2, 0.25) is 6.29 Å². The van der Waals surface area contributed by atoms with E-state index in [1.165, 1.54) is 18.2 Å². The molecule has 0 bridgehead atoms. The molecule has 0 saturated carbocycles. The number of ether oxygens (including phenoxy) is 7. The molecule has 0 unspecified atom stereocenters. The van der Waals surface area contributed by atoms with E-state index >= 15 is 4.79 Å². The van der Waals surface area contributed by atoms with E-state index in [2.05, 4.69) is 36.1 Å². The lowest BCUT2D eigenvalue weighted by atomic mass is 9.72. The first kappa shape index (κ1) is 44.1. The highest BCUT2D eigenvalue weighted by Gasteiger charge is 2.43. The number of nitrogens with zero attached hydrogens (tertiary/aromatic N) is 2. The molecule has 0 aliphatic carbocycles. The first-order chi connectivity index (χ1) is 30.7. The van der Waals surface area contributed by atoms with Crippen LogP contribution in [0.5, 0.6) is 23.0 Å². The number of carbonyl (C=O) groups excluding carboxylic acids is 2. The fourth-order valence-corrected chi connectivity index (χ4v) is 10.3. The van der Waals surface area contributed by atoms with Crippen LogP contribution in [0.2, 0.25) is 0 Å². The second kappa shape index (κ2) is 19.5. The average molecular weight is 861 g/mol. The van der Waals surface area contributed by atoms with E-state index in [0.29, 0.717) is 48.3 Å². The number of benzene rings is 4. The number of hydrogen-bond donors (Lipinski definition) is 1. The molecule has 0 radical (unpaired) electrons. The zero-order valence-electron chi connectivity index (χ0n) is 37.3. The van der Waals surface area contributed by atoms with E-state index in [1.54, 1.807) is 40.6 Å². The molecular weight excluding hydrogens is 801 g/mol. The predicted octanol–water partition coefficient (Wildman–Crippen LogP) is 8.09. The molecule has 4 aliphatic heterocycles. The summed E-state index contributed by atoms with van der Waals surface area (Å²) in [5, 5.41) is 9.56. The van der Waals surface area contributed by atoms with E-state index in [9.17, 15) is 9.90 Å². The number of carbonyl (C=O) groups is 2. The van der Waals surface area contributed by atoms with Crippen LogP contribution in [0, 0.1) is 11.8 Å². The van der Waals surface area contributed by atoms with Crippen molar-refractivity contribution in [2.75, 3.05) is 55.2 Å². The first-order valence-corrected chi connectivity index (χ1v) is 22.1. The number of methoxy groups -OCH3 is 5. The highest BCUT2D eigenvalue weighted by atomic mass is 16.7. The molecule has 4 aromatic rings. The molecule has 4 heterocycles. The third kappa shape index (κ3) is 9.12. The molecule has 8 rings (SSSR count). The summed E-state index contributed by atoms with van der Waals surface area (Å²) in [5.41, 5.74) is 7.90. The third-order valence-corrected chi connectivity index (χ3v) is 13.8. The Hall–Kier alpha value is -5.56. The van der Waals surface area contributed by atoms with Crippen LogP contribution in [0.4, 0.5) is 0 Å². The Morgan fingerprint density at radius 3 is 2.00 bits per heavy atom. The summed E-state index contributed by atoms with van der Waals surface area (Å²) in [7, 11) is 8.05. The van der Waals surface area contributed by atoms with Crippen LogP contribution in [0.3, 0.4) is 0 Å². The molecular formula is C51H60N2O10. The second-order valence-corrected chi connectivity index (χ2v) is 17.1. The van der Waals surface area contributed by atoms with Gasteiger partial charge in [-0.1, -0.05) is 49.7 Å². The third-order valence-electron chi connectivity index (χ3n) is 13.8. The highest BCUT2D eigenvalue weighted by Crippen LogP contribution is 2.50. The topological polar surface area (TPSA) is 125 Å². The number of piperidine rings is 1. The summed E-state index contributed by atoms with van der Waals surface area (Å²) in [6.45, 7) is 4.96. The predicted molar refractivity (Wildman–Crippen MR) is 237 cm³/mol. The van der Waals surface area contributed by atoms with Crippen molar-refractivity contribution < 1.29 is 47.9 Å². The minimum absolute atomic E-state index is 0.0421. The van der Waals surface area contributed by atoms with Gasteiger partial charge in [-0.05, 0) is 119 Å². The molecule has 1 saturated heterocycles. The summed E-state index contributed by atoms with van der Waals surface area (Å²) in [6, 6.07) is 23.3. The molecule has 12 heteroatoms. The van der Waals surface area contributed by atoms with Crippen LogP contribution in [-0.4, -0.2) is 88.3 Å². The van der Waals surface area contributed by atoms with Gasteiger partial charge in [0, 0.05) is 38.0 Å². The van der Waals surface area contributed by atoms with E-state index in [1.807, 2.05) is 47.4 Å². The minimum Gasteiger partial charge on any atom is -0.493 e. The Labute approximate surface area is 370 Å². The van der Waals surface area contributed by atoms with Gasteiger partial charge in [-0.25, -0.2) is 4.79 Å². The van der Waals surface area contributed by atoms with Gasteiger partial charge in [0.15, 0.2) is 28.8 Å². The SMILES string of the molecule is CC[C@H]1CN2CCc3cc(OC)c(OC)cc3[C@@H]2C[C@@H]1C[C@@H]1c2cc(OC)c(OC)cc2CCN1C(=O)C1=C[C@H](c2ccc(C(=O)OC)cc2)C[C@H](OCc2ccc(CO)cc2)O1. The van der Waals surface area contributed by atoms with Crippen molar-refractivity contribution >= 4 is 11.9 Å². The fraction of sp³-hybridized carbons (Fsp3) is 0.451. The summed E-state index contributed by atoms with van der Waals surface area (Å²) in [5.74, 6) is 2.92. The molecule has 12 nitrogen and oxygen atoms in total. The second-order valence-electron chi connectivity index (χ2n) is 17.1. The minimum atomic E-state index is -0.729. The van der Waals surface area contributed by atoms with Gasteiger partial charge in [-0.15, -0.1) is 0 Å². The molecule has 1 N–H and O–H groups in total. The van der Waals surface area contributed by atoms with Crippen molar-refractivity contribution in [1.82, 2.24) is 9.80 Å². The standard InChI is InChI=1S/C51H60N2O10/c1-7-33-28-52-18-16-36-22-44(57-2)46(59-4)26-40(36)42(52)20-38(33)21-43-41-27-47(60-5)45(58-3)23-37(41)17-19-53(43)50(55)48-24-39(34-12-14-35(15-13-34)51(56)61-6)25-49(63-48)62-30-32-10-8-31(29-54)9-11-32/h8-15,22-24,26-27,33,38-39,42-43,49,54H,7,16-21,25,28-30H2,1-6H3/t33-,38+,39-,42-,43+,49+/m0/s1. The van der Waals surface area contributed by atoms with Crippen molar-refractivity contribution in [1.29, 1.82) is 0 Å². The molecule has 6 atom stereocenters. The van der Waals surface area contributed by atoms with E-state index in [0.717, 1.165) is 78.1 Å². The van der Waals surface area contributed by atoms with Gasteiger partial charge in [0.25, 0.3) is 5.91 Å². The van der Waals surface area contributed by atoms with Gasteiger partial charge in [-0.3, -0.25) is 9.69 Å². The van der Waals surface area contributed by atoms with Crippen LogP contribution in [0.25, 0.3) is 0 Å². The fourth-order valence-electron chi connectivity index (χ4n) is 10.3. The maximum atomic E-state index is 15.3. The van der Waals surface area contributed by atoms with Crippen LogP contribution in [0.15, 0.2) is 84.6 Å². The lowest BCUT2D eigenvalue weighted by Gasteiger charge is -2.49. The Balaban J connectivity index is 1.14. The highest BCUT2D eigenvalue weighted by molar-refractivity contribution is 5.92. The first-order valence-electron chi connectivity index (χ1n) is 22.1. The van der Waals surface area contributed by atoms with Gasteiger partial charge in [0.05, 0.1) is 60.4 Å². The summed E-state index contributed by atoms with van der Waals surface area (Å²) in [6.07, 6.45) is 5.98. The Morgan fingerprint density at radius 2 is 1.37 bits per heavy atom. The monoisotopic (exact) mass is 860 g/mol. The average Bonchev–Trinajstić information content (AvgIpc) is 3.34. The number of rotatable bonds is 14. The van der Waals surface area contributed by atoms with Crippen molar-refractivity contribution in [3.05, 3.63) is 129 Å². The van der Waals surface area contributed by atoms with E-state index in [-0.39, 0.29) is 42.9 Å². The largest absolute Gasteiger partial charge is 0.493 e. The van der Waals surface area contributed by atoms with E-state index < -0.39 is 12.3 Å². The number of allylic oxidation sites excluding steroid dienone is 1. The lowest BCUT2D eigenvalue weighted by Crippen LogP contribution is -2.48. The zero-order chi connectivity index (χ0) is 44.2. The number of amides is 1. The zero-order valence-corrected chi connectivity index (χ0v) is 37.3. The van der Waals surface area contributed by atoms with Crippen LogP contribution < -0.4 is 18.9 Å². The molecule has 0 aromatic heterocycles. The number of esters is 1. The summed E-state index contributed by atoms with van der Waals surface area (Å²) < 4.78 is 41.1. The quantitative estimate of drug-likeness (QED) is 0.124. The van der Waals surface area contributed by atoms with Gasteiger partial charge < -0.3 is 43.2 Å². The Kier molecular flexibility index (Phi) is 13.6. The maximum Gasteiger partial charge on any atom is 0.337 e. The molecule has 0 spiro atoms. The molecule has 1 fully saturated rings. The van der Waals surface area contributed by atoms with Gasteiger partial charge in [0.1, 0.15) is 0 Å². The smallest absolute Gasteiger partial charge is 0.337 e. The molecule has 1 amide bonds. The van der Waals surface area contributed by atoms with Crippen LogP contribution >= 0.6 is 0 Å². The number of fused-ring (bicyclic) bond motifs is 4. The molecule has 4 aromatic carbocycles. The Morgan fingerprint density at radius 1 is 0.746 bits per heavy atom. The van der Waals surface area contributed by atoms with Crippen molar-refractivity contribution in [2.45, 2.75) is 83.0 Å². The normalized spacial score (nSPS) is 23.0. The number of aliphatic hydroxyl groups excluding tert-OH is 1. The summed E-state index contributed by atoms with van der Waals surface area (Å²) >= 11 is 0. The van der Waals surface area contributed by atoms with Crippen molar-refractivity contribution in [3.8, 4) is 23.0 Å². The van der Waals surface area contributed by atoms with Gasteiger partial charge in [-0.2, -0.15) is 0 Å². The lowest BCUT2D eigenvalue weighted by molar-refractivity contribution is -0.158. The van der Waals surface area contributed by atoms with Crippen LogP contribution in [0.1, 0.15) is 99.9 Å². The molecule has 4 aliphatic rings. The molecule has 63 heavy (non-hydrogen) atoms. The van der Waals surface area contributed by atoms with Crippen molar-refractivity contribution in [2.24, 2.45) is 11.8 Å². The van der Waals surface area contributed by atoms with Gasteiger partial charge >= 0.3 is 5.97 Å². The van der Waals surface area contributed by atoms with E-state index in [4.69, 9.17) is 33.2 Å².